The van der Waals surface area contributed by atoms with E-state index in [9.17, 15) is 13.2 Å². The summed E-state index contributed by atoms with van der Waals surface area (Å²) in [7, 11) is -1.94. The van der Waals surface area contributed by atoms with Crippen LogP contribution >= 0.6 is 0 Å². The first-order chi connectivity index (χ1) is 11.9. The van der Waals surface area contributed by atoms with E-state index in [1.807, 2.05) is 18.7 Å². The Hall–Kier alpha value is -1.51. The lowest BCUT2D eigenvalue weighted by Crippen LogP contribution is -2.70. The van der Waals surface area contributed by atoms with Gasteiger partial charge in [0.2, 0.25) is 10.0 Å². The van der Waals surface area contributed by atoms with E-state index in [2.05, 4.69) is 4.98 Å². The quantitative estimate of drug-likeness (QED) is 0.729. The van der Waals surface area contributed by atoms with Gasteiger partial charge in [-0.05, 0) is 44.7 Å². The first kappa shape index (κ1) is 18.3. The van der Waals surface area contributed by atoms with Crippen molar-refractivity contribution in [2.75, 3.05) is 20.2 Å². The van der Waals surface area contributed by atoms with Gasteiger partial charge in [-0.2, -0.15) is 4.31 Å². The molecule has 2 fully saturated rings. The van der Waals surface area contributed by atoms with Crippen molar-refractivity contribution in [1.82, 2.24) is 14.2 Å². The zero-order valence-corrected chi connectivity index (χ0v) is 15.6. The van der Waals surface area contributed by atoms with Crippen LogP contribution < -0.4 is 0 Å². The number of nitrogens with zero attached hydrogens (tertiary/aromatic N) is 3. The zero-order chi connectivity index (χ0) is 18.2. The topological polar surface area (TPSA) is 79.8 Å². The molecule has 8 heteroatoms. The summed E-state index contributed by atoms with van der Waals surface area (Å²) in [6.07, 6.45) is 3.99. The number of hydrogen-bond donors (Lipinski definition) is 0. The van der Waals surface area contributed by atoms with Crippen LogP contribution in [-0.2, 0) is 19.6 Å². The Balaban J connectivity index is 1.69. The van der Waals surface area contributed by atoms with Crippen molar-refractivity contribution >= 4 is 15.9 Å². The highest BCUT2D eigenvalue weighted by atomic mass is 32.2. The summed E-state index contributed by atoms with van der Waals surface area (Å²) in [5.41, 5.74) is 0. The maximum absolute atomic E-state index is 12.7. The van der Waals surface area contributed by atoms with E-state index >= 15 is 0 Å². The van der Waals surface area contributed by atoms with Crippen LogP contribution in [0.4, 0.5) is 0 Å². The van der Waals surface area contributed by atoms with Crippen molar-refractivity contribution in [3.8, 4) is 0 Å². The normalized spacial score (nSPS) is 26.1. The van der Waals surface area contributed by atoms with E-state index in [0.29, 0.717) is 13.1 Å². The smallest absolute Gasteiger partial charge is 0.254 e. The number of aromatic nitrogens is 1. The Labute approximate surface area is 149 Å². The molecular formula is C17H25N3O4S. The average molecular weight is 367 g/mol. The van der Waals surface area contributed by atoms with Gasteiger partial charge in [0, 0.05) is 38.6 Å². The van der Waals surface area contributed by atoms with E-state index < -0.39 is 16.1 Å². The zero-order valence-electron chi connectivity index (χ0n) is 14.8. The molecule has 1 aromatic rings. The van der Waals surface area contributed by atoms with E-state index in [0.717, 1.165) is 12.8 Å². The van der Waals surface area contributed by atoms with E-state index in [1.54, 1.807) is 25.4 Å². The van der Waals surface area contributed by atoms with Crippen molar-refractivity contribution in [1.29, 1.82) is 0 Å². The molecule has 3 rings (SSSR count). The van der Waals surface area contributed by atoms with Crippen LogP contribution in [0.1, 0.15) is 26.7 Å². The maximum atomic E-state index is 12.7. The number of hydrogen-bond acceptors (Lipinski definition) is 5. The first-order valence-electron chi connectivity index (χ1n) is 8.63. The number of sulfonamides is 1. The lowest BCUT2D eigenvalue weighted by atomic mass is 9.79. The predicted molar refractivity (Wildman–Crippen MR) is 92.3 cm³/mol. The Morgan fingerprint density at radius 1 is 1.28 bits per heavy atom. The van der Waals surface area contributed by atoms with E-state index in [1.165, 1.54) is 10.5 Å². The van der Waals surface area contributed by atoms with Gasteiger partial charge in [0.1, 0.15) is 4.90 Å². The molecule has 0 radical (unpaired) electrons. The van der Waals surface area contributed by atoms with Gasteiger partial charge in [0.05, 0.1) is 6.04 Å². The number of carbonyl (C=O) groups excluding carboxylic acids is 1. The van der Waals surface area contributed by atoms with Crippen LogP contribution in [0.2, 0.25) is 0 Å². The molecule has 2 saturated heterocycles. The van der Waals surface area contributed by atoms with E-state index in [-0.39, 0.29) is 28.8 Å². The number of pyridine rings is 1. The molecule has 2 atom stereocenters. The number of β-lactam (4-membered cyclic amide) rings is 1. The van der Waals surface area contributed by atoms with Gasteiger partial charge in [-0.25, -0.2) is 8.42 Å². The average Bonchev–Trinajstić information content (AvgIpc) is 2.60. The molecule has 1 aromatic heterocycles. The number of ether oxygens (including phenoxy) is 1. The van der Waals surface area contributed by atoms with Gasteiger partial charge in [0.25, 0.3) is 5.91 Å². The molecule has 0 saturated carbocycles. The third-order valence-electron chi connectivity index (χ3n) is 5.19. The first-order valence-corrected chi connectivity index (χ1v) is 10.1. The molecule has 3 heterocycles. The summed E-state index contributed by atoms with van der Waals surface area (Å²) in [5, 5.41) is 0. The molecule has 1 amide bonds. The molecule has 0 aromatic carbocycles. The van der Waals surface area contributed by atoms with Crippen molar-refractivity contribution in [3.05, 3.63) is 24.5 Å². The predicted octanol–water partition coefficient (Wildman–Crippen LogP) is 1.12. The second-order valence-corrected chi connectivity index (χ2v) is 8.85. The molecule has 2 aliphatic rings. The fourth-order valence-electron chi connectivity index (χ4n) is 3.92. The highest BCUT2D eigenvalue weighted by Gasteiger charge is 2.52. The molecular weight excluding hydrogens is 342 g/mol. The van der Waals surface area contributed by atoms with Gasteiger partial charge in [-0.15, -0.1) is 0 Å². The highest BCUT2D eigenvalue weighted by Crippen LogP contribution is 2.36. The van der Waals surface area contributed by atoms with Crippen LogP contribution in [-0.4, -0.2) is 66.9 Å². The largest absolute Gasteiger partial charge is 0.369 e. The van der Waals surface area contributed by atoms with Crippen molar-refractivity contribution < 1.29 is 17.9 Å². The summed E-state index contributed by atoms with van der Waals surface area (Å²) in [4.78, 5) is 18.2. The molecule has 0 spiro atoms. The van der Waals surface area contributed by atoms with Crippen LogP contribution in [0.5, 0.6) is 0 Å². The number of methoxy groups -OCH3 is 1. The summed E-state index contributed by atoms with van der Waals surface area (Å²) < 4.78 is 32.3. The van der Waals surface area contributed by atoms with Gasteiger partial charge >= 0.3 is 0 Å². The minimum atomic E-state index is -3.50. The monoisotopic (exact) mass is 367 g/mol. The number of carbonyl (C=O) groups is 1. The summed E-state index contributed by atoms with van der Waals surface area (Å²) in [5.74, 6) is 0.290. The van der Waals surface area contributed by atoms with Gasteiger partial charge in [0.15, 0.2) is 6.10 Å². The second kappa shape index (κ2) is 7.01. The minimum Gasteiger partial charge on any atom is -0.369 e. The van der Waals surface area contributed by atoms with Gasteiger partial charge < -0.3 is 9.64 Å². The Kier molecular flexibility index (Phi) is 5.13. The van der Waals surface area contributed by atoms with Crippen molar-refractivity contribution in [2.24, 2.45) is 5.92 Å². The Bertz CT molecular complexity index is 715. The minimum absolute atomic E-state index is 0.0351. The molecule has 0 unspecified atom stereocenters. The fraction of sp³-hybridized carbons (Fsp3) is 0.647. The van der Waals surface area contributed by atoms with Crippen molar-refractivity contribution in [3.63, 3.8) is 0 Å². The van der Waals surface area contributed by atoms with E-state index in [4.69, 9.17) is 4.74 Å². The molecule has 0 N–H and O–H groups in total. The summed E-state index contributed by atoms with van der Waals surface area (Å²) >= 11 is 0. The number of amides is 1. The summed E-state index contributed by atoms with van der Waals surface area (Å²) in [6, 6.07) is 3.37. The molecule has 2 aliphatic heterocycles. The maximum Gasteiger partial charge on any atom is 0.254 e. The molecule has 25 heavy (non-hydrogen) atoms. The second-order valence-electron chi connectivity index (χ2n) is 6.92. The third kappa shape index (κ3) is 3.18. The van der Waals surface area contributed by atoms with Crippen LogP contribution in [0.25, 0.3) is 0 Å². The molecule has 0 aliphatic carbocycles. The number of piperidine rings is 1. The molecule has 138 valence electrons. The third-order valence-corrected chi connectivity index (χ3v) is 7.08. The highest BCUT2D eigenvalue weighted by molar-refractivity contribution is 7.89. The standard InChI is InChI=1S/C17H25N3O4S/c1-12(2)20-15(16(24-3)17(20)21)13-6-9-19(10-7-13)25(22,23)14-5-4-8-18-11-14/h4-5,8,11-13,15-16H,6-7,9-10H2,1-3H3/t15-,16+/m0/s1. The van der Waals surface area contributed by atoms with Crippen LogP contribution in [0.3, 0.4) is 0 Å². The lowest BCUT2D eigenvalue weighted by Gasteiger charge is -2.53. The Morgan fingerprint density at radius 2 is 1.96 bits per heavy atom. The Morgan fingerprint density at radius 3 is 2.48 bits per heavy atom. The molecule has 0 bridgehead atoms. The number of rotatable bonds is 5. The number of likely N-dealkylation sites (tertiary alicyclic amines) is 1. The molecule has 7 nitrogen and oxygen atoms in total. The lowest BCUT2D eigenvalue weighted by molar-refractivity contribution is -0.181. The van der Waals surface area contributed by atoms with Crippen molar-refractivity contribution in [2.45, 2.75) is 49.8 Å². The van der Waals surface area contributed by atoms with Gasteiger partial charge in [-0.1, -0.05) is 0 Å². The summed E-state index contributed by atoms with van der Waals surface area (Å²) in [6.45, 7) is 4.90. The van der Waals surface area contributed by atoms with Gasteiger partial charge in [-0.3, -0.25) is 9.78 Å². The SMILES string of the molecule is CO[C@H]1C(=O)N(C(C)C)[C@H]1C1CCN(S(=O)(=O)c2cccnc2)CC1. The van der Waals surface area contributed by atoms with Crippen LogP contribution in [0, 0.1) is 5.92 Å². The van der Waals surface area contributed by atoms with Crippen LogP contribution in [0.15, 0.2) is 29.4 Å². The fourth-order valence-corrected chi connectivity index (χ4v) is 5.36.